The van der Waals surface area contributed by atoms with Gasteiger partial charge in [-0.1, -0.05) is 0 Å². The van der Waals surface area contributed by atoms with Crippen molar-refractivity contribution in [3.8, 4) is 11.3 Å². The zero-order valence-electron chi connectivity index (χ0n) is 19.0. The monoisotopic (exact) mass is 488 g/mol. The van der Waals surface area contributed by atoms with Crippen LogP contribution in [-0.4, -0.2) is 113 Å². The first-order chi connectivity index (χ1) is 16.4. The average molecular weight is 489 g/mol. The molecule has 0 amide bonds. The van der Waals surface area contributed by atoms with Gasteiger partial charge in [0.15, 0.2) is 5.65 Å². The van der Waals surface area contributed by atoms with E-state index in [4.69, 9.17) is 20.4 Å². The van der Waals surface area contributed by atoms with Crippen LogP contribution in [0.1, 0.15) is 0 Å². The van der Waals surface area contributed by atoms with Crippen LogP contribution < -0.4 is 10.6 Å². The Morgan fingerprint density at radius 3 is 2.35 bits per heavy atom. The van der Waals surface area contributed by atoms with Crippen molar-refractivity contribution < 1.29 is 13.2 Å². The van der Waals surface area contributed by atoms with Crippen LogP contribution in [0.15, 0.2) is 18.6 Å². The highest BCUT2D eigenvalue weighted by atomic mass is 32.2. The van der Waals surface area contributed by atoms with Gasteiger partial charge in [-0.05, 0) is 0 Å². The second-order valence-corrected chi connectivity index (χ2v) is 10.4. The molecule has 2 aliphatic heterocycles. The fourth-order valence-corrected chi connectivity index (χ4v) is 5.04. The van der Waals surface area contributed by atoms with E-state index in [1.165, 1.54) is 10.6 Å². The minimum atomic E-state index is -3.15. The van der Waals surface area contributed by atoms with E-state index in [1.807, 2.05) is 4.68 Å². The summed E-state index contributed by atoms with van der Waals surface area (Å²) in [6.07, 6.45) is 6.34. The Morgan fingerprint density at radius 2 is 1.68 bits per heavy atom. The molecule has 2 saturated heterocycles. The van der Waals surface area contributed by atoms with Crippen molar-refractivity contribution in [2.75, 3.05) is 75.9 Å². The average Bonchev–Trinajstić information content (AvgIpc) is 3.26. The summed E-state index contributed by atoms with van der Waals surface area (Å²) in [5.41, 5.74) is 7.86. The quantitative estimate of drug-likeness (QED) is 0.468. The Bertz CT molecular complexity index is 1250. The summed E-state index contributed by atoms with van der Waals surface area (Å²) >= 11 is 0. The molecule has 2 N–H and O–H groups in total. The number of fused-ring (bicyclic) bond motifs is 1. The third kappa shape index (κ3) is 4.80. The molecule has 0 aromatic carbocycles. The van der Waals surface area contributed by atoms with E-state index in [2.05, 4.69) is 24.9 Å². The summed E-state index contributed by atoms with van der Waals surface area (Å²) in [4.78, 5) is 22.3. The lowest BCUT2D eigenvalue weighted by molar-refractivity contribution is 0.122. The first-order valence-corrected chi connectivity index (χ1v) is 13.0. The molecule has 5 heterocycles. The predicted molar refractivity (Wildman–Crippen MR) is 127 cm³/mol. The van der Waals surface area contributed by atoms with E-state index >= 15 is 0 Å². The third-order valence-corrected chi connectivity index (χ3v) is 7.46. The lowest BCUT2D eigenvalue weighted by atomic mass is 10.2. The summed E-state index contributed by atoms with van der Waals surface area (Å²) in [7, 11) is -3.15. The number of morpholine rings is 1. The molecule has 3 aromatic heterocycles. The second kappa shape index (κ2) is 9.37. The summed E-state index contributed by atoms with van der Waals surface area (Å²) in [6, 6.07) is 0. The van der Waals surface area contributed by atoms with Gasteiger partial charge in [0.05, 0.1) is 43.3 Å². The molecule has 2 aliphatic rings. The largest absolute Gasteiger partial charge is 0.378 e. The van der Waals surface area contributed by atoms with Gasteiger partial charge in [0.1, 0.15) is 0 Å². The molecule has 34 heavy (non-hydrogen) atoms. The number of nitrogen functional groups attached to an aromatic ring is 1. The van der Waals surface area contributed by atoms with Crippen LogP contribution in [0, 0.1) is 0 Å². The topological polar surface area (TPSA) is 148 Å². The number of piperazine rings is 1. The van der Waals surface area contributed by atoms with Crippen molar-refractivity contribution in [3.63, 3.8) is 0 Å². The molecule has 0 unspecified atom stereocenters. The molecule has 14 heteroatoms. The van der Waals surface area contributed by atoms with Gasteiger partial charge >= 0.3 is 0 Å². The Labute approximate surface area is 197 Å². The zero-order chi connectivity index (χ0) is 23.7. The highest BCUT2D eigenvalue weighted by Gasteiger charge is 2.24. The van der Waals surface area contributed by atoms with Crippen LogP contribution in [0.3, 0.4) is 0 Å². The number of ether oxygens (including phenoxy) is 1. The maximum atomic E-state index is 11.8. The fraction of sp³-hybridized carbons (Fsp3) is 0.550. The molecule has 0 saturated carbocycles. The van der Waals surface area contributed by atoms with Gasteiger partial charge in [-0.2, -0.15) is 14.4 Å². The molecule has 0 radical (unpaired) electrons. The fourth-order valence-electron chi connectivity index (χ4n) is 4.21. The first kappa shape index (κ1) is 22.8. The Hall–Kier alpha value is -2.94. The molecule has 3 aromatic rings. The van der Waals surface area contributed by atoms with Crippen LogP contribution >= 0.6 is 0 Å². The standard InChI is InChI=1S/C20H28N10O3S/c1-34(31,32)29-5-2-27(3-6-29)4-7-30-18-16(14-24-30)17(15-12-22-19(21)23-13-15)25-20(26-18)28-8-10-33-11-9-28/h12-14H,2-11H2,1H3,(H2,21,22,23). The molecular weight excluding hydrogens is 460 g/mol. The summed E-state index contributed by atoms with van der Waals surface area (Å²) < 4.78 is 32.4. The second-order valence-electron chi connectivity index (χ2n) is 8.41. The summed E-state index contributed by atoms with van der Waals surface area (Å²) in [5, 5.41) is 5.41. The number of sulfonamides is 1. The first-order valence-electron chi connectivity index (χ1n) is 11.2. The molecule has 2 fully saturated rings. The van der Waals surface area contributed by atoms with E-state index in [1.54, 1.807) is 18.6 Å². The third-order valence-electron chi connectivity index (χ3n) is 6.15. The minimum Gasteiger partial charge on any atom is -0.378 e. The van der Waals surface area contributed by atoms with E-state index in [-0.39, 0.29) is 5.95 Å². The molecule has 0 spiro atoms. The lowest BCUT2D eigenvalue weighted by Gasteiger charge is -2.33. The molecule has 0 atom stereocenters. The maximum Gasteiger partial charge on any atom is 0.228 e. The number of hydrogen-bond donors (Lipinski definition) is 1. The lowest BCUT2D eigenvalue weighted by Crippen LogP contribution is -2.48. The van der Waals surface area contributed by atoms with Crippen molar-refractivity contribution in [3.05, 3.63) is 18.6 Å². The van der Waals surface area contributed by atoms with Gasteiger partial charge in [-0.25, -0.2) is 28.1 Å². The molecule has 5 rings (SSSR count). The highest BCUT2D eigenvalue weighted by Crippen LogP contribution is 2.28. The van der Waals surface area contributed by atoms with Crippen LogP contribution in [0.4, 0.5) is 11.9 Å². The smallest absolute Gasteiger partial charge is 0.228 e. The van der Waals surface area contributed by atoms with Crippen molar-refractivity contribution in [2.24, 2.45) is 0 Å². The normalized spacial score (nSPS) is 18.6. The Kier molecular flexibility index (Phi) is 6.29. The predicted octanol–water partition coefficient (Wildman–Crippen LogP) is -0.721. The Morgan fingerprint density at radius 1 is 0.971 bits per heavy atom. The minimum absolute atomic E-state index is 0.203. The molecule has 182 valence electrons. The number of nitrogens with zero attached hydrogens (tertiary/aromatic N) is 9. The van der Waals surface area contributed by atoms with E-state index in [9.17, 15) is 8.42 Å². The number of nitrogens with two attached hydrogens (primary N) is 1. The van der Waals surface area contributed by atoms with Gasteiger partial charge < -0.3 is 15.4 Å². The van der Waals surface area contributed by atoms with Gasteiger partial charge in [0, 0.05) is 63.8 Å². The number of rotatable bonds is 6. The molecular formula is C20H28N10O3S. The SMILES string of the molecule is CS(=O)(=O)N1CCN(CCn2ncc3c(-c4cnc(N)nc4)nc(N4CCOCC4)nc32)CC1. The number of anilines is 2. The zero-order valence-corrected chi connectivity index (χ0v) is 19.9. The van der Waals surface area contributed by atoms with Crippen LogP contribution in [0.25, 0.3) is 22.3 Å². The van der Waals surface area contributed by atoms with Gasteiger partial charge in [0.2, 0.25) is 21.9 Å². The van der Waals surface area contributed by atoms with Crippen molar-refractivity contribution in [1.29, 1.82) is 0 Å². The van der Waals surface area contributed by atoms with Crippen LogP contribution in [-0.2, 0) is 21.3 Å². The van der Waals surface area contributed by atoms with Crippen LogP contribution in [0.2, 0.25) is 0 Å². The van der Waals surface area contributed by atoms with E-state index in [0.29, 0.717) is 70.7 Å². The molecule has 0 aliphatic carbocycles. The number of hydrogen-bond acceptors (Lipinski definition) is 11. The van der Waals surface area contributed by atoms with Crippen LogP contribution in [0.5, 0.6) is 0 Å². The summed E-state index contributed by atoms with van der Waals surface area (Å²) in [6.45, 7) is 6.42. The van der Waals surface area contributed by atoms with Crippen molar-refractivity contribution in [1.82, 2.24) is 38.9 Å². The van der Waals surface area contributed by atoms with E-state index in [0.717, 1.165) is 23.1 Å². The van der Waals surface area contributed by atoms with Crippen molar-refractivity contribution in [2.45, 2.75) is 6.54 Å². The van der Waals surface area contributed by atoms with Gasteiger partial charge in [0.25, 0.3) is 0 Å². The number of aromatic nitrogens is 6. The maximum absolute atomic E-state index is 11.8. The van der Waals surface area contributed by atoms with Gasteiger partial charge in [-0.15, -0.1) is 0 Å². The van der Waals surface area contributed by atoms with Crippen molar-refractivity contribution >= 4 is 33.0 Å². The van der Waals surface area contributed by atoms with Gasteiger partial charge in [-0.3, -0.25) is 4.90 Å². The Balaban J connectivity index is 1.41. The highest BCUT2D eigenvalue weighted by molar-refractivity contribution is 7.88. The molecule has 13 nitrogen and oxygen atoms in total. The summed E-state index contributed by atoms with van der Waals surface area (Å²) in [5.74, 6) is 0.820. The molecule has 0 bridgehead atoms. The van der Waals surface area contributed by atoms with E-state index < -0.39 is 10.0 Å².